The van der Waals surface area contributed by atoms with Crippen molar-refractivity contribution in [2.75, 3.05) is 5.32 Å². The highest BCUT2D eigenvalue weighted by Crippen LogP contribution is 2.25. The third kappa shape index (κ3) is 2.90. The van der Waals surface area contributed by atoms with E-state index in [1.54, 1.807) is 6.92 Å². The van der Waals surface area contributed by atoms with Crippen LogP contribution in [0, 0.1) is 12.7 Å². The van der Waals surface area contributed by atoms with E-state index in [0.29, 0.717) is 11.3 Å². The Bertz CT molecular complexity index is 647. The summed E-state index contributed by atoms with van der Waals surface area (Å²) in [4.78, 5) is 15.7. The van der Waals surface area contributed by atoms with Gasteiger partial charge in [0, 0.05) is 11.9 Å². The van der Waals surface area contributed by atoms with E-state index >= 15 is 0 Å². The minimum absolute atomic E-state index is 0.106. The van der Waals surface area contributed by atoms with Gasteiger partial charge in [-0.3, -0.25) is 9.78 Å². The van der Waals surface area contributed by atoms with Crippen molar-refractivity contribution in [1.82, 2.24) is 4.98 Å². The van der Waals surface area contributed by atoms with E-state index in [2.05, 4.69) is 26.2 Å². The quantitative estimate of drug-likeness (QED) is 0.891. The van der Waals surface area contributed by atoms with Gasteiger partial charge in [-0.25, -0.2) is 4.39 Å². The maximum atomic E-state index is 13.3. The lowest BCUT2D eigenvalue weighted by Gasteiger charge is -2.10. The molecule has 98 valence electrons. The molecule has 19 heavy (non-hydrogen) atoms. The van der Waals surface area contributed by atoms with Crippen molar-refractivity contribution >= 4 is 27.5 Å². The van der Waals surface area contributed by atoms with Gasteiger partial charge in [-0.15, -0.1) is 0 Å². The molecule has 0 aliphatic carbocycles. The second-order valence-corrected chi connectivity index (χ2v) is 4.78. The summed E-state index contributed by atoms with van der Waals surface area (Å²) in [7, 11) is 0. The molecule has 0 aliphatic rings. The third-order valence-electron chi connectivity index (χ3n) is 2.56. The normalized spacial score (nSPS) is 10.3. The molecular formula is C13H10BrFN2O2. The molecule has 0 radical (unpaired) electrons. The molecule has 0 saturated carbocycles. The van der Waals surface area contributed by atoms with Crippen molar-refractivity contribution in [3.63, 3.8) is 0 Å². The molecule has 1 amide bonds. The zero-order valence-corrected chi connectivity index (χ0v) is 11.5. The van der Waals surface area contributed by atoms with Crippen LogP contribution in [0.5, 0.6) is 5.75 Å². The SMILES string of the molecule is Cc1cc(F)c(Br)cc1NC(=O)c1ccncc1O. The fourth-order valence-corrected chi connectivity index (χ4v) is 1.89. The Morgan fingerprint density at radius 3 is 2.89 bits per heavy atom. The summed E-state index contributed by atoms with van der Waals surface area (Å²) >= 11 is 3.06. The van der Waals surface area contributed by atoms with Crippen LogP contribution in [0.25, 0.3) is 0 Å². The third-order valence-corrected chi connectivity index (χ3v) is 3.17. The van der Waals surface area contributed by atoms with Gasteiger partial charge in [0.25, 0.3) is 5.91 Å². The number of benzene rings is 1. The summed E-state index contributed by atoms with van der Waals surface area (Å²) in [6, 6.07) is 4.19. The maximum Gasteiger partial charge on any atom is 0.259 e. The predicted molar refractivity (Wildman–Crippen MR) is 72.7 cm³/mol. The van der Waals surface area contributed by atoms with Crippen LogP contribution in [0.2, 0.25) is 0 Å². The molecular weight excluding hydrogens is 315 g/mol. The Kier molecular flexibility index (Phi) is 3.80. The van der Waals surface area contributed by atoms with Gasteiger partial charge in [0.15, 0.2) is 0 Å². The summed E-state index contributed by atoms with van der Waals surface area (Å²) < 4.78 is 13.5. The fraction of sp³-hybridized carbons (Fsp3) is 0.0769. The van der Waals surface area contributed by atoms with E-state index in [-0.39, 0.29) is 15.8 Å². The van der Waals surface area contributed by atoms with Crippen LogP contribution in [0.3, 0.4) is 0 Å². The first kappa shape index (κ1) is 13.5. The summed E-state index contributed by atoms with van der Waals surface area (Å²) in [5, 5.41) is 12.1. The standard InChI is InChI=1S/C13H10BrFN2O2/c1-7-4-10(15)9(14)5-11(7)17-13(19)8-2-3-16-6-12(8)18/h2-6,18H,1H3,(H,17,19). The van der Waals surface area contributed by atoms with Gasteiger partial charge in [0.1, 0.15) is 11.6 Å². The number of aryl methyl sites for hydroxylation is 1. The zero-order valence-electron chi connectivity index (χ0n) is 9.95. The smallest absolute Gasteiger partial charge is 0.259 e. The number of hydrogen-bond donors (Lipinski definition) is 2. The number of amides is 1. The minimum atomic E-state index is -0.485. The number of hydrogen-bond acceptors (Lipinski definition) is 3. The van der Waals surface area contributed by atoms with Crippen molar-refractivity contribution in [3.05, 3.63) is 52.0 Å². The Labute approximate surface area is 117 Å². The largest absolute Gasteiger partial charge is 0.505 e. The average molecular weight is 325 g/mol. The number of carbonyl (C=O) groups is 1. The Morgan fingerprint density at radius 2 is 2.21 bits per heavy atom. The van der Waals surface area contributed by atoms with Gasteiger partial charge in [0.05, 0.1) is 16.2 Å². The van der Waals surface area contributed by atoms with E-state index in [4.69, 9.17) is 0 Å². The van der Waals surface area contributed by atoms with E-state index in [1.807, 2.05) is 0 Å². The van der Waals surface area contributed by atoms with Crippen LogP contribution >= 0.6 is 15.9 Å². The molecule has 0 spiro atoms. The number of carbonyl (C=O) groups excluding carboxylic acids is 1. The second kappa shape index (κ2) is 5.36. The van der Waals surface area contributed by atoms with Crippen molar-refractivity contribution < 1.29 is 14.3 Å². The molecule has 0 fully saturated rings. The molecule has 2 N–H and O–H groups in total. The van der Waals surface area contributed by atoms with Gasteiger partial charge in [0.2, 0.25) is 0 Å². The first-order valence-corrected chi connectivity index (χ1v) is 6.18. The highest BCUT2D eigenvalue weighted by molar-refractivity contribution is 9.10. The number of aromatic nitrogens is 1. The molecule has 0 aliphatic heterocycles. The number of rotatable bonds is 2. The molecule has 0 bridgehead atoms. The van der Waals surface area contributed by atoms with Crippen molar-refractivity contribution in [1.29, 1.82) is 0 Å². The van der Waals surface area contributed by atoms with E-state index < -0.39 is 11.7 Å². The highest BCUT2D eigenvalue weighted by Gasteiger charge is 2.13. The molecule has 1 heterocycles. The summed E-state index contributed by atoms with van der Waals surface area (Å²) in [5.74, 6) is -1.09. The Morgan fingerprint density at radius 1 is 1.47 bits per heavy atom. The topological polar surface area (TPSA) is 62.2 Å². The van der Waals surface area contributed by atoms with Crippen LogP contribution in [0.1, 0.15) is 15.9 Å². The number of pyridine rings is 1. The lowest BCUT2D eigenvalue weighted by molar-refractivity contribution is 0.102. The van der Waals surface area contributed by atoms with Crippen molar-refractivity contribution in [2.45, 2.75) is 6.92 Å². The molecule has 2 aromatic rings. The Hall–Kier alpha value is -1.95. The van der Waals surface area contributed by atoms with E-state index in [1.165, 1.54) is 30.6 Å². The van der Waals surface area contributed by atoms with Crippen LogP contribution in [-0.2, 0) is 0 Å². The molecule has 4 nitrogen and oxygen atoms in total. The zero-order chi connectivity index (χ0) is 14.0. The number of nitrogens with one attached hydrogen (secondary N) is 1. The number of anilines is 1. The predicted octanol–water partition coefficient (Wildman–Crippen LogP) is 3.25. The number of nitrogens with zero attached hydrogens (tertiary/aromatic N) is 1. The Balaban J connectivity index is 2.30. The molecule has 0 unspecified atom stereocenters. The van der Waals surface area contributed by atoms with Crippen molar-refractivity contribution in [2.24, 2.45) is 0 Å². The van der Waals surface area contributed by atoms with Gasteiger partial charge in [-0.05, 0) is 46.6 Å². The minimum Gasteiger partial charge on any atom is -0.505 e. The van der Waals surface area contributed by atoms with Crippen LogP contribution in [0.15, 0.2) is 35.1 Å². The van der Waals surface area contributed by atoms with E-state index in [9.17, 15) is 14.3 Å². The lowest BCUT2D eigenvalue weighted by atomic mass is 10.1. The van der Waals surface area contributed by atoms with Gasteiger partial charge >= 0.3 is 0 Å². The van der Waals surface area contributed by atoms with Crippen LogP contribution in [0.4, 0.5) is 10.1 Å². The second-order valence-electron chi connectivity index (χ2n) is 3.93. The van der Waals surface area contributed by atoms with Gasteiger partial charge in [-0.1, -0.05) is 0 Å². The molecule has 0 atom stereocenters. The fourth-order valence-electron chi connectivity index (χ4n) is 1.55. The van der Waals surface area contributed by atoms with Crippen LogP contribution in [-0.4, -0.2) is 16.0 Å². The average Bonchev–Trinajstić information content (AvgIpc) is 2.36. The summed E-state index contributed by atoms with van der Waals surface area (Å²) in [5.41, 5.74) is 1.16. The molecule has 1 aromatic carbocycles. The molecule has 0 saturated heterocycles. The highest BCUT2D eigenvalue weighted by atomic mass is 79.9. The first-order valence-electron chi connectivity index (χ1n) is 5.39. The van der Waals surface area contributed by atoms with Crippen molar-refractivity contribution in [3.8, 4) is 5.75 Å². The van der Waals surface area contributed by atoms with E-state index in [0.717, 1.165) is 0 Å². The maximum absolute atomic E-state index is 13.3. The van der Waals surface area contributed by atoms with Crippen LogP contribution < -0.4 is 5.32 Å². The molecule has 2 rings (SSSR count). The summed E-state index contributed by atoms with van der Waals surface area (Å²) in [6.45, 7) is 1.68. The van der Waals surface area contributed by atoms with Gasteiger partial charge < -0.3 is 10.4 Å². The monoisotopic (exact) mass is 324 g/mol. The van der Waals surface area contributed by atoms with Gasteiger partial charge in [-0.2, -0.15) is 0 Å². The summed E-state index contributed by atoms with van der Waals surface area (Å²) in [6.07, 6.45) is 2.59. The first-order chi connectivity index (χ1) is 8.99. The number of halogens is 2. The molecule has 6 heteroatoms. The molecule has 1 aromatic heterocycles. The number of aromatic hydroxyl groups is 1. The lowest BCUT2D eigenvalue weighted by Crippen LogP contribution is -2.13.